The summed E-state index contributed by atoms with van der Waals surface area (Å²) in [6, 6.07) is 5.64. The molecule has 1 aromatic heterocycles. The van der Waals surface area contributed by atoms with Crippen LogP contribution in [0.4, 0.5) is 0 Å². The summed E-state index contributed by atoms with van der Waals surface area (Å²) in [4.78, 5) is 4.61. The summed E-state index contributed by atoms with van der Waals surface area (Å²) in [6.45, 7) is 1.94. The Bertz CT molecular complexity index is 573. The molecule has 0 bridgehead atoms. The molecule has 5 nitrogen and oxygen atoms in total. The second-order valence-corrected chi connectivity index (χ2v) is 4.95. The van der Waals surface area contributed by atoms with Crippen molar-refractivity contribution in [2.75, 3.05) is 26.9 Å². The highest BCUT2D eigenvalue weighted by atomic mass is 16.5. The largest absolute Gasteiger partial charge is 0.497 e. The zero-order valence-corrected chi connectivity index (χ0v) is 11.0. The van der Waals surface area contributed by atoms with Gasteiger partial charge in [-0.15, -0.1) is 0 Å². The molecule has 2 N–H and O–H groups in total. The van der Waals surface area contributed by atoms with Crippen molar-refractivity contribution in [1.29, 1.82) is 0 Å². The first-order valence-corrected chi connectivity index (χ1v) is 6.50. The van der Waals surface area contributed by atoms with Crippen molar-refractivity contribution >= 4 is 11.1 Å². The molecule has 1 aliphatic rings. The number of rotatable bonds is 3. The van der Waals surface area contributed by atoms with Crippen LogP contribution in [0.25, 0.3) is 11.1 Å². The molecule has 0 radical (unpaired) electrons. The van der Waals surface area contributed by atoms with E-state index in [1.807, 2.05) is 18.2 Å². The zero-order valence-electron chi connectivity index (χ0n) is 11.0. The lowest BCUT2D eigenvalue weighted by Crippen LogP contribution is -2.40. The quantitative estimate of drug-likeness (QED) is 0.914. The van der Waals surface area contributed by atoms with E-state index in [1.54, 1.807) is 7.11 Å². The van der Waals surface area contributed by atoms with Crippen LogP contribution in [-0.2, 0) is 10.2 Å². The van der Waals surface area contributed by atoms with Gasteiger partial charge < -0.3 is 19.6 Å². The first kappa shape index (κ1) is 12.4. The molecule has 0 aliphatic carbocycles. The van der Waals surface area contributed by atoms with Crippen LogP contribution in [0.2, 0.25) is 0 Å². The third kappa shape index (κ3) is 2.09. The number of methoxy groups -OCH3 is 1. The van der Waals surface area contributed by atoms with Crippen molar-refractivity contribution < 1.29 is 13.9 Å². The summed E-state index contributed by atoms with van der Waals surface area (Å²) in [5.41, 5.74) is 7.36. The zero-order chi connectivity index (χ0) is 13.3. The molecule has 102 valence electrons. The molecule has 0 saturated carbocycles. The number of benzene rings is 1. The van der Waals surface area contributed by atoms with Gasteiger partial charge in [-0.3, -0.25) is 0 Å². The Morgan fingerprint density at radius 2 is 2.16 bits per heavy atom. The van der Waals surface area contributed by atoms with E-state index < -0.39 is 0 Å². The van der Waals surface area contributed by atoms with Gasteiger partial charge in [0.2, 0.25) is 5.89 Å². The van der Waals surface area contributed by atoms with Gasteiger partial charge in [0.1, 0.15) is 11.3 Å². The predicted molar refractivity (Wildman–Crippen MR) is 71.3 cm³/mol. The Labute approximate surface area is 111 Å². The van der Waals surface area contributed by atoms with Crippen LogP contribution < -0.4 is 10.5 Å². The summed E-state index contributed by atoms with van der Waals surface area (Å²) in [5.74, 6) is 1.50. The van der Waals surface area contributed by atoms with Crippen LogP contribution in [0.5, 0.6) is 5.75 Å². The number of hydrogen-bond donors (Lipinski definition) is 1. The number of fused-ring (bicyclic) bond motifs is 1. The van der Waals surface area contributed by atoms with Crippen LogP contribution in [0.1, 0.15) is 18.7 Å². The number of aromatic nitrogens is 1. The fourth-order valence-corrected chi connectivity index (χ4v) is 2.53. The van der Waals surface area contributed by atoms with Crippen molar-refractivity contribution in [2.24, 2.45) is 5.73 Å². The lowest BCUT2D eigenvalue weighted by molar-refractivity contribution is 0.0438. The van der Waals surface area contributed by atoms with Crippen LogP contribution in [0, 0.1) is 0 Å². The van der Waals surface area contributed by atoms with Gasteiger partial charge >= 0.3 is 0 Å². The Morgan fingerprint density at radius 1 is 1.37 bits per heavy atom. The Morgan fingerprint density at radius 3 is 2.84 bits per heavy atom. The second-order valence-electron chi connectivity index (χ2n) is 4.95. The first-order valence-electron chi connectivity index (χ1n) is 6.50. The highest BCUT2D eigenvalue weighted by Crippen LogP contribution is 2.35. The maximum atomic E-state index is 5.97. The monoisotopic (exact) mass is 262 g/mol. The van der Waals surface area contributed by atoms with Gasteiger partial charge in [0.25, 0.3) is 0 Å². The minimum atomic E-state index is -0.190. The molecule has 1 aliphatic heterocycles. The number of ether oxygens (including phenoxy) is 2. The lowest BCUT2D eigenvalue weighted by atomic mass is 9.80. The van der Waals surface area contributed by atoms with E-state index in [-0.39, 0.29) is 5.41 Å². The number of hydrogen-bond acceptors (Lipinski definition) is 5. The van der Waals surface area contributed by atoms with Gasteiger partial charge in [-0.2, -0.15) is 0 Å². The van der Waals surface area contributed by atoms with E-state index in [0.29, 0.717) is 19.8 Å². The van der Waals surface area contributed by atoms with E-state index in [0.717, 1.165) is 35.6 Å². The summed E-state index contributed by atoms with van der Waals surface area (Å²) < 4.78 is 16.5. The average molecular weight is 262 g/mol. The van der Waals surface area contributed by atoms with Gasteiger partial charge in [0.05, 0.1) is 12.5 Å². The van der Waals surface area contributed by atoms with E-state index in [1.165, 1.54) is 0 Å². The van der Waals surface area contributed by atoms with Gasteiger partial charge in [-0.05, 0) is 25.0 Å². The molecule has 0 spiro atoms. The molecule has 1 aromatic carbocycles. The smallest absolute Gasteiger partial charge is 0.203 e. The molecule has 0 unspecified atom stereocenters. The molecule has 1 fully saturated rings. The van der Waals surface area contributed by atoms with Crippen LogP contribution >= 0.6 is 0 Å². The summed E-state index contributed by atoms with van der Waals surface area (Å²) in [7, 11) is 1.64. The van der Waals surface area contributed by atoms with E-state index in [9.17, 15) is 0 Å². The first-order chi connectivity index (χ1) is 9.27. The molecule has 0 amide bonds. The molecule has 2 heterocycles. The molecule has 0 atom stereocenters. The summed E-state index contributed by atoms with van der Waals surface area (Å²) >= 11 is 0. The number of nitrogens with zero attached hydrogens (tertiary/aromatic N) is 1. The standard InChI is InChI=1S/C14H18N2O3/c1-17-10-2-3-12-11(8-10)16-13(19-12)14(9-15)4-6-18-7-5-14/h2-3,8H,4-7,9,15H2,1H3. The van der Waals surface area contributed by atoms with E-state index in [4.69, 9.17) is 19.6 Å². The Hall–Kier alpha value is -1.59. The van der Waals surface area contributed by atoms with Crippen LogP contribution in [0.3, 0.4) is 0 Å². The van der Waals surface area contributed by atoms with E-state index >= 15 is 0 Å². The third-order valence-electron chi connectivity index (χ3n) is 3.89. The highest BCUT2D eigenvalue weighted by molar-refractivity contribution is 5.74. The Balaban J connectivity index is 2.03. The minimum Gasteiger partial charge on any atom is -0.497 e. The van der Waals surface area contributed by atoms with Crippen molar-refractivity contribution in [3.05, 3.63) is 24.1 Å². The second kappa shape index (κ2) is 4.83. The van der Waals surface area contributed by atoms with Crippen LogP contribution in [-0.4, -0.2) is 31.9 Å². The van der Waals surface area contributed by atoms with Gasteiger partial charge in [0.15, 0.2) is 5.58 Å². The van der Waals surface area contributed by atoms with Gasteiger partial charge in [-0.25, -0.2) is 4.98 Å². The highest BCUT2D eigenvalue weighted by Gasteiger charge is 2.37. The topological polar surface area (TPSA) is 70.5 Å². The summed E-state index contributed by atoms with van der Waals surface area (Å²) in [5, 5.41) is 0. The van der Waals surface area contributed by atoms with Crippen molar-refractivity contribution in [3.8, 4) is 5.75 Å². The molecule has 3 rings (SSSR count). The van der Waals surface area contributed by atoms with Gasteiger partial charge in [0, 0.05) is 25.8 Å². The summed E-state index contributed by atoms with van der Waals surface area (Å²) in [6.07, 6.45) is 1.71. The Kier molecular flexibility index (Phi) is 3.16. The minimum absolute atomic E-state index is 0.190. The van der Waals surface area contributed by atoms with Crippen LogP contribution in [0.15, 0.2) is 22.6 Å². The molecule has 5 heteroatoms. The van der Waals surface area contributed by atoms with Crippen molar-refractivity contribution in [2.45, 2.75) is 18.3 Å². The van der Waals surface area contributed by atoms with Crippen molar-refractivity contribution in [3.63, 3.8) is 0 Å². The number of oxazole rings is 1. The SMILES string of the molecule is COc1ccc2oc(C3(CN)CCOCC3)nc2c1. The molecule has 2 aromatic rings. The van der Waals surface area contributed by atoms with Crippen molar-refractivity contribution in [1.82, 2.24) is 4.98 Å². The molecular weight excluding hydrogens is 244 g/mol. The fourth-order valence-electron chi connectivity index (χ4n) is 2.53. The average Bonchev–Trinajstić information content (AvgIpc) is 2.91. The van der Waals surface area contributed by atoms with E-state index in [2.05, 4.69) is 4.98 Å². The fraction of sp³-hybridized carbons (Fsp3) is 0.500. The number of nitrogens with two attached hydrogens (primary N) is 1. The third-order valence-corrected chi connectivity index (χ3v) is 3.89. The van der Waals surface area contributed by atoms with Gasteiger partial charge in [-0.1, -0.05) is 0 Å². The maximum Gasteiger partial charge on any atom is 0.203 e. The predicted octanol–water partition coefficient (Wildman–Crippen LogP) is 1.84. The molecule has 19 heavy (non-hydrogen) atoms. The maximum absolute atomic E-state index is 5.97. The molecular formula is C14H18N2O3. The molecule has 1 saturated heterocycles. The normalized spacial score (nSPS) is 18.6. The lowest BCUT2D eigenvalue weighted by Gasteiger charge is -2.32.